The first kappa shape index (κ1) is 13.1. The lowest BCUT2D eigenvalue weighted by molar-refractivity contribution is -0.141. The van der Waals surface area contributed by atoms with Gasteiger partial charge in [-0.05, 0) is 25.1 Å². The van der Waals surface area contributed by atoms with Gasteiger partial charge in [-0.1, -0.05) is 0 Å². The zero-order valence-corrected chi connectivity index (χ0v) is 9.63. The summed E-state index contributed by atoms with van der Waals surface area (Å²) in [4.78, 5) is 24.2. The molecule has 0 saturated heterocycles. The molecular weight excluding hydrogens is 263 g/mol. The fraction of sp³-hybridized carbons (Fsp3) is 0.167. The minimum Gasteiger partial charge on any atom is -0.478 e. The quantitative estimate of drug-likeness (QED) is 0.824. The standard InChI is InChI=1S/C12H8F3NO3/c1-5(17)6-2-3-8-7(4-6)9(11(18)19)10(16-8)12(13,14)15/h2-4,16H,1H3,(H,18,19). The molecule has 1 aromatic carbocycles. The fourth-order valence-electron chi connectivity index (χ4n) is 1.85. The van der Waals surface area contributed by atoms with E-state index < -0.39 is 23.4 Å². The summed E-state index contributed by atoms with van der Waals surface area (Å²) in [5.41, 5.74) is -2.02. The summed E-state index contributed by atoms with van der Waals surface area (Å²) >= 11 is 0. The first-order chi connectivity index (χ1) is 8.71. The Hall–Kier alpha value is -2.31. The molecule has 1 heterocycles. The summed E-state index contributed by atoms with van der Waals surface area (Å²) in [7, 11) is 0. The molecule has 0 aliphatic carbocycles. The van der Waals surface area contributed by atoms with Crippen molar-refractivity contribution in [2.45, 2.75) is 13.1 Å². The fourth-order valence-corrected chi connectivity index (χ4v) is 1.85. The van der Waals surface area contributed by atoms with Crippen molar-refractivity contribution in [3.63, 3.8) is 0 Å². The third kappa shape index (κ3) is 2.18. The largest absolute Gasteiger partial charge is 0.478 e. The molecule has 0 saturated carbocycles. The summed E-state index contributed by atoms with van der Waals surface area (Å²) in [6, 6.07) is 3.74. The number of halogens is 3. The Bertz CT molecular complexity index is 685. The number of Topliss-reactive ketones (excluding diaryl/α,β-unsaturated/α-hetero) is 1. The summed E-state index contributed by atoms with van der Waals surface area (Å²) in [6.07, 6.45) is -4.80. The monoisotopic (exact) mass is 271 g/mol. The third-order valence-electron chi connectivity index (χ3n) is 2.70. The van der Waals surface area contributed by atoms with E-state index in [4.69, 9.17) is 5.11 Å². The van der Waals surface area contributed by atoms with Crippen LogP contribution in [0.15, 0.2) is 18.2 Å². The van der Waals surface area contributed by atoms with Gasteiger partial charge in [-0.15, -0.1) is 0 Å². The van der Waals surface area contributed by atoms with E-state index in [9.17, 15) is 22.8 Å². The third-order valence-corrected chi connectivity index (χ3v) is 2.70. The Kier molecular flexibility index (Phi) is 2.84. The van der Waals surface area contributed by atoms with Crippen LogP contribution >= 0.6 is 0 Å². The SMILES string of the molecule is CC(=O)c1ccc2[nH]c(C(F)(F)F)c(C(=O)O)c2c1. The molecule has 100 valence electrons. The van der Waals surface area contributed by atoms with E-state index in [1.54, 1.807) is 0 Å². The van der Waals surface area contributed by atoms with E-state index in [2.05, 4.69) is 0 Å². The summed E-state index contributed by atoms with van der Waals surface area (Å²) in [5, 5.41) is 8.81. The average Bonchev–Trinajstić information content (AvgIpc) is 2.66. The van der Waals surface area contributed by atoms with Gasteiger partial charge in [-0.3, -0.25) is 4.79 Å². The highest BCUT2D eigenvalue weighted by Gasteiger charge is 2.38. The van der Waals surface area contributed by atoms with Gasteiger partial charge in [0, 0.05) is 16.5 Å². The molecule has 19 heavy (non-hydrogen) atoms. The number of nitrogens with one attached hydrogen (secondary N) is 1. The molecule has 1 aromatic heterocycles. The number of carboxylic acid groups (broad SMARTS) is 1. The van der Waals surface area contributed by atoms with E-state index in [0.29, 0.717) is 0 Å². The van der Waals surface area contributed by atoms with Gasteiger partial charge in [0.1, 0.15) is 5.69 Å². The van der Waals surface area contributed by atoms with Crippen molar-refractivity contribution in [1.29, 1.82) is 0 Å². The van der Waals surface area contributed by atoms with Crippen molar-refractivity contribution in [2.24, 2.45) is 0 Å². The van der Waals surface area contributed by atoms with E-state index >= 15 is 0 Å². The number of hydrogen-bond acceptors (Lipinski definition) is 2. The lowest BCUT2D eigenvalue weighted by Gasteiger charge is -2.04. The number of benzene rings is 1. The molecule has 0 unspecified atom stereocenters. The van der Waals surface area contributed by atoms with E-state index in [-0.39, 0.29) is 22.2 Å². The first-order valence-electron chi connectivity index (χ1n) is 5.19. The number of carboxylic acids is 1. The van der Waals surface area contributed by atoms with Gasteiger partial charge in [-0.25, -0.2) is 4.79 Å². The van der Waals surface area contributed by atoms with Crippen molar-refractivity contribution in [2.75, 3.05) is 0 Å². The van der Waals surface area contributed by atoms with E-state index in [1.165, 1.54) is 19.1 Å². The Morgan fingerprint density at radius 3 is 2.37 bits per heavy atom. The molecule has 7 heteroatoms. The molecule has 2 aromatic rings. The number of carbonyl (C=O) groups is 2. The lowest BCUT2D eigenvalue weighted by atomic mass is 10.1. The van der Waals surface area contributed by atoms with Gasteiger partial charge in [0.2, 0.25) is 0 Å². The van der Waals surface area contributed by atoms with Crippen LogP contribution in [0.1, 0.15) is 33.3 Å². The summed E-state index contributed by atoms with van der Waals surface area (Å²) < 4.78 is 38.2. The molecule has 0 atom stereocenters. The van der Waals surface area contributed by atoms with Crippen LogP contribution in [0.2, 0.25) is 0 Å². The number of fused-ring (bicyclic) bond motifs is 1. The number of rotatable bonds is 2. The second kappa shape index (κ2) is 4.11. The number of hydrogen-bond donors (Lipinski definition) is 2. The second-order valence-corrected chi connectivity index (χ2v) is 3.99. The number of ketones is 1. The topological polar surface area (TPSA) is 70.2 Å². The Morgan fingerprint density at radius 1 is 1.26 bits per heavy atom. The minimum atomic E-state index is -4.80. The highest BCUT2D eigenvalue weighted by Crippen LogP contribution is 2.35. The molecule has 0 fully saturated rings. The molecular formula is C12H8F3NO3. The molecule has 0 spiro atoms. The molecule has 0 aliphatic rings. The van der Waals surface area contributed by atoms with Crippen molar-refractivity contribution in [1.82, 2.24) is 4.98 Å². The Balaban J connectivity index is 2.83. The predicted octanol–water partition coefficient (Wildman–Crippen LogP) is 3.09. The van der Waals surface area contributed by atoms with Crippen LogP contribution < -0.4 is 0 Å². The zero-order valence-electron chi connectivity index (χ0n) is 9.63. The highest BCUT2D eigenvalue weighted by atomic mass is 19.4. The minimum absolute atomic E-state index is 0.0229. The number of aromatic amines is 1. The van der Waals surface area contributed by atoms with Crippen LogP contribution in [0.4, 0.5) is 13.2 Å². The molecule has 0 aliphatic heterocycles. The van der Waals surface area contributed by atoms with Crippen molar-refractivity contribution in [3.8, 4) is 0 Å². The molecule has 2 rings (SSSR count). The van der Waals surface area contributed by atoms with Crippen molar-refractivity contribution >= 4 is 22.7 Å². The maximum Gasteiger partial charge on any atom is 0.432 e. The van der Waals surface area contributed by atoms with Crippen LogP contribution in [0, 0.1) is 0 Å². The predicted molar refractivity (Wildman–Crippen MR) is 60.3 cm³/mol. The van der Waals surface area contributed by atoms with Gasteiger partial charge in [0.25, 0.3) is 0 Å². The molecule has 4 nitrogen and oxygen atoms in total. The molecule has 0 amide bonds. The van der Waals surface area contributed by atoms with E-state index in [0.717, 1.165) is 6.07 Å². The van der Waals surface area contributed by atoms with Crippen molar-refractivity contribution < 1.29 is 27.9 Å². The van der Waals surface area contributed by atoms with Gasteiger partial charge < -0.3 is 10.1 Å². The normalized spacial score (nSPS) is 11.8. The van der Waals surface area contributed by atoms with Gasteiger partial charge in [0.05, 0.1) is 5.56 Å². The average molecular weight is 271 g/mol. The summed E-state index contributed by atoms with van der Waals surface area (Å²) in [6.45, 7) is 1.25. The van der Waals surface area contributed by atoms with Crippen LogP contribution in [0.5, 0.6) is 0 Å². The number of H-pyrrole nitrogens is 1. The van der Waals surface area contributed by atoms with Crippen LogP contribution in [0.3, 0.4) is 0 Å². The zero-order chi connectivity index (χ0) is 14.4. The van der Waals surface area contributed by atoms with Crippen LogP contribution in [-0.4, -0.2) is 21.8 Å². The molecule has 0 bridgehead atoms. The smallest absolute Gasteiger partial charge is 0.432 e. The highest BCUT2D eigenvalue weighted by molar-refractivity contribution is 6.07. The number of aromatic nitrogens is 1. The van der Waals surface area contributed by atoms with Crippen LogP contribution in [-0.2, 0) is 6.18 Å². The number of alkyl halides is 3. The number of aromatic carboxylic acids is 1. The summed E-state index contributed by atoms with van der Waals surface area (Å²) in [5.74, 6) is -2.05. The molecule has 2 N–H and O–H groups in total. The van der Waals surface area contributed by atoms with Gasteiger partial charge in [0.15, 0.2) is 5.78 Å². The van der Waals surface area contributed by atoms with E-state index in [1.807, 2.05) is 4.98 Å². The number of carbonyl (C=O) groups excluding carboxylic acids is 1. The Morgan fingerprint density at radius 2 is 1.89 bits per heavy atom. The van der Waals surface area contributed by atoms with Gasteiger partial charge >= 0.3 is 12.1 Å². The van der Waals surface area contributed by atoms with Crippen LogP contribution in [0.25, 0.3) is 10.9 Å². The van der Waals surface area contributed by atoms with Crippen molar-refractivity contribution in [3.05, 3.63) is 35.0 Å². The second-order valence-electron chi connectivity index (χ2n) is 3.99. The maximum atomic E-state index is 12.7. The van der Waals surface area contributed by atoms with Gasteiger partial charge in [-0.2, -0.15) is 13.2 Å². The lowest BCUT2D eigenvalue weighted by Crippen LogP contribution is -2.11. The maximum absolute atomic E-state index is 12.7. The molecule has 0 radical (unpaired) electrons. The Labute approximate surface area is 104 Å². The first-order valence-corrected chi connectivity index (χ1v) is 5.19.